The summed E-state index contributed by atoms with van der Waals surface area (Å²) < 4.78 is 0. The van der Waals surface area contributed by atoms with E-state index in [1.165, 1.54) is 5.56 Å². The number of hydrogen-bond donors (Lipinski definition) is 1. The van der Waals surface area contributed by atoms with Crippen molar-refractivity contribution in [2.45, 2.75) is 13.3 Å². The number of hydrogen-bond acceptors (Lipinski definition) is 3. The lowest BCUT2D eigenvalue weighted by Crippen LogP contribution is -2.03. The van der Waals surface area contributed by atoms with Crippen molar-refractivity contribution in [1.29, 1.82) is 5.26 Å². The van der Waals surface area contributed by atoms with Crippen LogP contribution in [0.1, 0.15) is 23.6 Å². The van der Waals surface area contributed by atoms with Gasteiger partial charge in [-0.1, -0.05) is 17.7 Å². The maximum absolute atomic E-state index is 9.19. The van der Waals surface area contributed by atoms with E-state index in [4.69, 9.17) is 11.6 Å². The molecule has 0 saturated carbocycles. The van der Waals surface area contributed by atoms with Gasteiger partial charge in [0.2, 0.25) is 0 Å². The third-order valence-electron chi connectivity index (χ3n) is 3.27. The molecule has 1 aromatic heterocycles. The molecule has 4 heteroatoms. The van der Waals surface area contributed by atoms with Gasteiger partial charge < -0.3 is 5.32 Å². The number of rotatable bonds is 2. The van der Waals surface area contributed by atoms with Crippen molar-refractivity contribution in [2.75, 3.05) is 11.9 Å². The maximum Gasteiger partial charge on any atom is 0.144 e. The second kappa shape index (κ2) is 4.56. The number of fused-ring (bicyclic) bond motifs is 3. The van der Waals surface area contributed by atoms with Gasteiger partial charge in [0, 0.05) is 23.6 Å². The number of nitrogens with one attached hydrogen (secondary N) is 1. The molecule has 1 aliphatic carbocycles. The van der Waals surface area contributed by atoms with Gasteiger partial charge >= 0.3 is 0 Å². The third-order valence-corrected chi connectivity index (χ3v) is 3.50. The predicted octanol–water partition coefficient (Wildman–Crippen LogP) is 3.61. The van der Waals surface area contributed by atoms with Gasteiger partial charge in [-0.3, -0.25) is 0 Å². The Hall–Kier alpha value is -2.05. The fourth-order valence-electron chi connectivity index (χ4n) is 2.45. The lowest BCUT2D eigenvalue weighted by atomic mass is 10.1. The van der Waals surface area contributed by atoms with E-state index < -0.39 is 0 Å². The minimum absolute atomic E-state index is 0.597. The number of halogens is 1. The molecule has 0 bridgehead atoms. The summed E-state index contributed by atoms with van der Waals surface area (Å²) in [5, 5.41) is 13.1. The SMILES string of the molecule is CCNc1nc2c(cc1C#N)Cc1cc(Cl)ccc1-2. The van der Waals surface area contributed by atoms with Gasteiger partial charge in [-0.15, -0.1) is 0 Å². The Kier molecular flexibility index (Phi) is 2.88. The lowest BCUT2D eigenvalue weighted by Gasteiger charge is -2.08. The largest absolute Gasteiger partial charge is 0.369 e. The molecule has 0 fully saturated rings. The highest BCUT2D eigenvalue weighted by Gasteiger charge is 2.22. The van der Waals surface area contributed by atoms with E-state index in [9.17, 15) is 5.26 Å². The summed E-state index contributed by atoms with van der Waals surface area (Å²) in [4.78, 5) is 4.61. The Morgan fingerprint density at radius 3 is 2.95 bits per heavy atom. The normalized spacial score (nSPS) is 11.6. The minimum Gasteiger partial charge on any atom is -0.369 e. The molecule has 0 aliphatic heterocycles. The second-order valence-electron chi connectivity index (χ2n) is 4.51. The van der Waals surface area contributed by atoms with Gasteiger partial charge in [-0.05, 0) is 36.2 Å². The molecule has 1 N–H and O–H groups in total. The zero-order valence-corrected chi connectivity index (χ0v) is 11.3. The van der Waals surface area contributed by atoms with E-state index in [1.54, 1.807) is 0 Å². The van der Waals surface area contributed by atoms with Crippen LogP contribution in [0, 0.1) is 11.3 Å². The minimum atomic E-state index is 0.597. The predicted molar refractivity (Wildman–Crippen MR) is 76.4 cm³/mol. The Bertz CT molecular complexity index is 701. The summed E-state index contributed by atoms with van der Waals surface area (Å²) in [6, 6.07) is 9.97. The smallest absolute Gasteiger partial charge is 0.144 e. The molecule has 0 saturated heterocycles. The summed E-state index contributed by atoms with van der Waals surface area (Å²) in [7, 11) is 0. The molecule has 3 rings (SSSR count). The van der Waals surface area contributed by atoms with E-state index in [0.29, 0.717) is 11.4 Å². The molecule has 1 heterocycles. The first-order chi connectivity index (χ1) is 9.22. The summed E-state index contributed by atoms with van der Waals surface area (Å²) in [6.07, 6.45) is 0.791. The fourth-order valence-corrected chi connectivity index (χ4v) is 2.65. The van der Waals surface area contributed by atoms with Gasteiger partial charge in [0.05, 0.1) is 11.3 Å². The quantitative estimate of drug-likeness (QED) is 0.773. The zero-order valence-electron chi connectivity index (χ0n) is 10.5. The molecule has 0 radical (unpaired) electrons. The highest BCUT2D eigenvalue weighted by Crippen LogP contribution is 2.38. The van der Waals surface area contributed by atoms with Crippen molar-refractivity contribution in [3.8, 4) is 17.3 Å². The van der Waals surface area contributed by atoms with Crippen LogP contribution >= 0.6 is 11.6 Å². The van der Waals surface area contributed by atoms with E-state index >= 15 is 0 Å². The van der Waals surface area contributed by atoms with Crippen molar-refractivity contribution in [3.05, 3.63) is 46.0 Å². The monoisotopic (exact) mass is 269 g/mol. The van der Waals surface area contributed by atoms with Crippen molar-refractivity contribution in [1.82, 2.24) is 4.98 Å². The number of anilines is 1. The molecular formula is C15H12ClN3. The molecule has 3 nitrogen and oxygen atoms in total. The van der Waals surface area contributed by atoms with Crippen LogP contribution < -0.4 is 5.32 Å². The molecule has 19 heavy (non-hydrogen) atoms. The molecule has 2 aromatic rings. The van der Waals surface area contributed by atoms with Crippen molar-refractivity contribution < 1.29 is 0 Å². The zero-order chi connectivity index (χ0) is 13.4. The average Bonchev–Trinajstić information content (AvgIpc) is 2.74. The Balaban J connectivity index is 2.17. The Labute approximate surface area is 116 Å². The number of nitrogens with zero attached hydrogens (tertiary/aromatic N) is 2. The van der Waals surface area contributed by atoms with Crippen molar-refractivity contribution in [2.24, 2.45) is 0 Å². The number of aromatic nitrogens is 1. The van der Waals surface area contributed by atoms with Crippen LogP contribution in [0.4, 0.5) is 5.82 Å². The first-order valence-electron chi connectivity index (χ1n) is 6.19. The van der Waals surface area contributed by atoms with Gasteiger partial charge in [0.25, 0.3) is 0 Å². The van der Waals surface area contributed by atoms with E-state index in [-0.39, 0.29) is 0 Å². The van der Waals surface area contributed by atoms with E-state index in [2.05, 4.69) is 16.4 Å². The topological polar surface area (TPSA) is 48.7 Å². The Morgan fingerprint density at radius 1 is 1.37 bits per heavy atom. The van der Waals surface area contributed by atoms with Crippen LogP contribution in [0.2, 0.25) is 5.02 Å². The Morgan fingerprint density at radius 2 is 2.21 bits per heavy atom. The van der Waals surface area contributed by atoms with E-state index in [0.717, 1.165) is 34.8 Å². The fraction of sp³-hybridized carbons (Fsp3) is 0.200. The van der Waals surface area contributed by atoms with Gasteiger partial charge in [-0.2, -0.15) is 5.26 Å². The van der Waals surface area contributed by atoms with Crippen LogP contribution in [0.15, 0.2) is 24.3 Å². The average molecular weight is 270 g/mol. The highest BCUT2D eigenvalue weighted by atomic mass is 35.5. The van der Waals surface area contributed by atoms with Crippen LogP contribution in [-0.4, -0.2) is 11.5 Å². The second-order valence-corrected chi connectivity index (χ2v) is 4.95. The first kappa shape index (κ1) is 12.0. The molecular weight excluding hydrogens is 258 g/mol. The van der Waals surface area contributed by atoms with Crippen molar-refractivity contribution >= 4 is 17.4 Å². The van der Waals surface area contributed by atoms with Crippen molar-refractivity contribution in [3.63, 3.8) is 0 Å². The summed E-state index contributed by atoms with van der Waals surface area (Å²) >= 11 is 6.02. The summed E-state index contributed by atoms with van der Waals surface area (Å²) in [5.74, 6) is 0.659. The standard InChI is InChI=1S/C15H12ClN3/c1-2-18-15-11(8-17)6-10-5-9-7-12(16)3-4-13(9)14(10)19-15/h3-4,6-7H,2,5H2,1H3,(H,18,19). The highest BCUT2D eigenvalue weighted by molar-refractivity contribution is 6.30. The molecule has 1 aliphatic rings. The molecule has 0 spiro atoms. The molecule has 0 atom stereocenters. The van der Waals surface area contributed by atoms with Crippen LogP contribution in [0.25, 0.3) is 11.3 Å². The number of pyridine rings is 1. The van der Waals surface area contributed by atoms with Crippen LogP contribution in [-0.2, 0) is 6.42 Å². The van der Waals surface area contributed by atoms with Gasteiger partial charge in [0.1, 0.15) is 11.9 Å². The van der Waals surface area contributed by atoms with Crippen LogP contribution in [0.5, 0.6) is 0 Å². The number of benzene rings is 1. The first-order valence-corrected chi connectivity index (χ1v) is 6.57. The summed E-state index contributed by atoms with van der Waals surface area (Å²) in [5.41, 5.74) is 4.94. The van der Waals surface area contributed by atoms with Gasteiger partial charge in [0.15, 0.2) is 0 Å². The molecule has 1 aromatic carbocycles. The maximum atomic E-state index is 9.19. The van der Waals surface area contributed by atoms with E-state index in [1.807, 2.05) is 31.2 Å². The number of nitriles is 1. The lowest BCUT2D eigenvalue weighted by molar-refractivity contribution is 1.14. The molecule has 94 valence electrons. The molecule has 0 amide bonds. The van der Waals surface area contributed by atoms with Gasteiger partial charge in [-0.25, -0.2) is 4.98 Å². The summed E-state index contributed by atoms with van der Waals surface area (Å²) in [6.45, 7) is 2.73. The van der Waals surface area contributed by atoms with Crippen LogP contribution in [0.3, 0.4) is 0 Å². The molecule has 0 unspecified atom stereocenters. The third kappa shape index (κ3) is 1.94.